The highest BCUT2D eigenvalue weighted by atomic mass is 16.5. The summed E-state index contributed by atoms with van der Waals surface area (Å²) in [5, 5.41) is 0.974. The quantitative estimate of drug-likeness (QED) is 0.615. The summed E-state index contributed by atoms with van der Waals surface area (Å²) in [6.07, 6.45) is 5.63. The fraction of sp³-hybridized carbons (Fsp3) is 0.235. The fourth-order valence-electron chi connectivity index (χ4n) is 2.03. The Morgan fingerprint density at radius 2 is 2.19 bits per heavy atom. The molecule has 0 atom stereocenters. The van der Waals surface area contributed by atoms with E-state index in [4.69, 9.17) is 4.74 Å². The van der Waals surface area contributed by atoms with Crippen molar-refractivity contribution in [1.82, 2.24) is 9.97 Å². The van der Waals surface area contributed by atoms with Gasteiger partial charge in [-0.3, -0.25) is 4.99 Å². The third kappa shape index (κ3) is 3.75. The summed E-state index contributed by atoms with van der Waals surface area (Å²) in [7, 11) is 0. The molecule has 2 rings (SSSR count). The minimum atomic E-state index is 0.635. The molecule has 0 saturated carbocycles. The number of aryl methyl sites for hydroxylation is 1. The number of hydrogen-bond acceptors (Lipinski definition) is 4. The number of benzene rings is 1. The van der Waals surface area contributed by atoms with Gasteiger partial charge in [0, 0.05) is 11.6 Å². The second kappa shape index (κ2) is 6.79. The summed E-state index contributed by atoms with van der Waals surface area (Å²) in [4.78, 5) is 12.7. The number of aromatic nitrogens is 2. The van der Waals surface area contributed by atoms with Crippen LogP contribution in [0.4, 0.5) is 0 Å². The Morgan fingerprint density at radius 3 is 2.90 bits per heavy atom. The Bertz CT molecular complexity index is 717. The van der Waals surface area contributed by atoms with Crippen molar-refractivity contribution >= 4 is 23.7 Å². The van der Waals surface area contributed by atoms with Crippen LogP contribution in [-0.4, -0.2) is 23.3 Å². The van der Waals surface area contributed by atoms with Gasteiger partial charge < -0.3 is 4.74 Å². The molecule has 0 N–H and O–H groups in total. The molecule has 1 heterocycles. The van der Waals surface area contributed by atoms with E-state index in [1.165, 1.54) is 0 Å². The van der Waals surface area contributed by atoms with Gasteiger partial charge in [-0.05, 0) is 57.3 Å². The summed E-state index contributed by atoms with van der Waals surface area (Å²) in [6.45, 7) is 9.91. The van der Waals surface area contributed by atoms with Crippen LogP contribution in [0.25, 0.3) is 17.0 Å². The highest BCUT2D eigenvalue weighted by Crippen LogP contribution is 2.23. The molecular formula is C17H19N3O. The minimum Gasteiger partial charge on any atom is -0.494 e. The Morgan fingerprint density at radius 1 is 1.38 bits per heavy atom. The lowest BCUT2D eigenvalue weighted by Crippen LogP contribution is -1.96. The van der Waals surface area contributed by atoms with Crippen LogP contribution in [0.2, 0.25) is 0 Å². The van der Waals surface area contributed by atoms with Gasteiger partial charge in [-0.25, -0.2) is 9.97 Å². The molecule has 4 nitrogen and oxygen atoms in total. The summed E-state index contributed by atoms with van der Waals surface area (Å²) in [5.41, 5.74) is 2.79. The van der Waals surface area contributed by atoms with E-state index in [1.807, 2.05) is 51.1 Å². The second-order valence-electron chi connectivity index (χ2n) is 4.66. The van der Waals surface area contributed by atoms with Gasteiger partial charge in [0.2, 0.25) is 0 Å². The van der Waals surface area contributed by atoms with Gasteiger partial charge in [-0.1, -0.05) is 6.08 Å². The van der Waals surface area contributed by atoms with Gasteiger partial charge in [0.1, 0.15) is 11.6 Å². The molecule has 0 unspecified atom stereocenters. The van der Waals surface area contributed by atoms with E-state index >= 15 is 0 Å². The molecule has 1 aromatic carbocycles. The molecule has 0 saturated heterocycles. The average Bonchev–Trinajstić information content (AvgIpc) is 2.46. The molecule has 108 valence electrons. The molecule has 0 aliphatic heterocycles. The van der Waals surface area contributed by atoms with Crippen molar-refractivity contribution in [3.8, 4) is 5.75 Å². The first-order valence-electron chi connectivity index (χ1n) is 6.86. The van der Waals surface area contributed by atoms with Gasteiger partial charge in [-0.15, -0.1) is 0 Å². The maximum absolute atomic E-state index is 5.55. The maximum atomic E-state index is 5.55. The van der Waals surface area contributed by atoms with Gasteiger partial charge in [0.25, 0.3) is 0 Å². The summed E-state index contributed by atoms with van der Waals surface area (Å²) in [5.74, 6) is 1.57. The van der Waals surface area contributed by atoms with Crippen molar-refractivity contribution < 1.29 is 4.74 Å². The molecule has 4 heteroatoms. The van der Waals surface area contributed by atoms with Crippen molar-refractivity contribution in [3.05, 3.63) is 47.6 Å². The molecule has 0 aliphatic rings. The third-order valence-electron chi connectivity index (χ3n) is 2.92. The first-order chi connectivity index (χ1) is 10.1. The Hall–Kier alpha value is -2.49. The van der Waals surface area contributed by atoms with Crippen LogP contribution in [0.1, 0.15) is 25.4 Å². The van der Waals surface area contributed by atoms with E-state index in [0.29, 0.717) is 6.61 Å². The smallest absolute Gasteiger partial charge is 0.126 e. The van der Waals surface area contributed by atoms with E-state index in [-0.39, 0.29) is 0 Å². The van der Waals surface area contributed by atoms with Crippen molar-refractivity contribution in [2.24, 2.45) is 4.99 Å². The fourth-order valence-corrected chi connectivity index (χ4v) is 2.03. The van der Waals surface area contributed by atoms with Crippen molar-refractivity contribution in [2.45, 2.75) is 20.8 Å². The van der Waals surface area contributed by atoms with Crippen molar-refractivity contribution in [3.63, 3.8) is 0 Å². The van der Waals surface area contributed by atoms with Crippen LogP contribution in [-0.2, 0) is 0 Å². The van der Waals surface area contributed by atoms with Gasteiger partial charge in [-0.2, -0.15) is 0 Å². The van der Waals surface area contributed by atoms with Crippen molar-refractivity contribution in [2.75, 3.05) is 6.61 Å². The largest absolute Gasteiger partial charge is 0.494 e. The minimum absolute atomic E-state index is 0.635. The summed E-state index contributed by atoms with van der Waals surface area (Å²) >= 11 is 0. The SMILES string of the molecule is C=N/C=C(C)\C=C/c1nc(C)nc2ccc(OCC)cc12. The number of allylic oxidation sites excluding steroid dienone is 2. The van der Waals surface area contributed by atoms with E-state index in [9.17, 15) is 0 Å². The first kappa shape index (κ1) is 14.9. The van der Waals surface area contributed by atoms with E-state index < -0.39 is 0 Å². The lowest BCUT2D eigenvalue weighted by atomic mass is 10.1. The van der Waals surface area contributed by atoms with Crippen LogP contribution >= 0.6 is 0 Å². The average molecular weight is 281 g/mol. The topological polar surface area (TPSA) is 47.4 Å². The lowest BCUT2D eigenvalue weighted by molar-refractivity contribution is 0.340. The zero-order valence-corrected chi connectivity index (χ0v) is 12.6. The van der Waals surface area contributed by atoms with Crippen LogP contribution in [0.3, 0.4) is 0 Å². The highest BCUT2D eigenvalue weighted by Gasteiger charge is 2.05. The van der Waals surface area contributed by atoms with E-state index in [0.717, 1.165) is 33.7 Å². The number of nitrogens with zero attached hydrogens (tertiary/aromatic N) is 3. The molecule has 0 fully saturated rings. The molecule has 0 radical (unpaired) electrons. The Labute approximate surface area is 124 Å². The van der Waals surface area contributed by atoms with Gasteiger partial charge in [0.05, 0.1) is 17.8 Å². The van der Waals surface area contributed by atoms with E-state index in [1.54, 1.807) is 6.20 Å². The van der Waals surface area contributed by atoms with Crippen molar-refractivity contribution in [1.29, 1.82) is 0 Å². The number of ether oxygens (including phenoxy) is 1. The summed E-state index contributed by atoms with van der Waals surface area (Å²) in [6, 6.07) is 5.86. The first-order valence-corrected chi connectivity index (χ1v) is 6.86. The van der Waals surface area contributed by atoms with Gasteiger partial charge >= 0.3 is 0 Å². The number of rotatable bonds is 5. The highest BCUT2D eigenvalue weighted by molar-refractivity contribution is 5.87. The second-order valence-corrected chi connectivity index (χ2v) is 4.66. The Balaban J connectivity index is 2.52. The number of hydrogen-bond donors (Lipinski definition) is 0. The molecular weight excluding hydrogens is 262 g/mol. The lowest BCUT2D eigenvalue weighted by Gasteiger charge is -2.07. The van der Waals surface area contributed by atoms with Crippen LogP contribution < -0.4 is 4.74 Å². The third-order valence-corrected chi connectivity index (χ3v) is 2.92. The monoisotopic (exact) mass is 281 g/mol. The summed E-state index contributed by atoms with van der Waals surface area (Å²) < 4.78 is 5.55. The van der Waals surface area contributed by atoms with Gasteiger partial charge in [0.15, 0.2) is 0 Å². The molecule has 0 spiro atoms. The maximum Gasteiger partial charge on any atom is 0.126 e. The molecule has 0 amide bonds. The molecule has 1 aromatic heterocycles. The van der Waals surface area contributed by atoms with Crippen LogP contribution in [0.15, 0.2) is 41.0 Å². The zero-order chi connectivity index (χ0) is 15.2. The van der Waals surface area contributed by atoms with Crippen LogP contribution in [0, 0.1) is 6.92 Å². The molecule has 2 aromatic rings. The predicted molar refractivity (Wildman–Crippen MR) is 87.8 cm³/mol. The van der Waals surface area contributed by atoms with Crippen LogP contribution in [0.5, 0.6) is 5.75 Å². The predicted octanol–water partition coefficient (Wildman–Crippen LogP) is 3.95. The number of fused-ring (bicyclic) bond motifs is 1. The Kier molecular flexibility index (Phi) is 4.82. The molecule has 0 aliphatic carbocycles. The normalized spacial score (nSPS) is 12.0. The van der Waals surface area contributed by atoms with E-state index in [2.05, 4.69) is 21.7 Å². The number of aliphatic imine (C=N–C) groups is 1. The zero-order valence-electron chi connectivity index (χ0n) is 12.6. The standard InChI is InChI=1S/C17H19N3O/c1-5-21-14-7-9-17-15(10-14)16(19-13(3)20-17)8-6-12(2)11-18-4/h6-11H,4-5H2,1-3H3/b8-6-,12-11-. The molecule has 0 bridgehead atoms. The molecule has 21 heavy (non-hydrogen) atoms.